The second-order valence-electron chi connectivity index (χ2n) is 10.5. The van der Waals surface area contributed by atoms with E-state index in [0.717, 1.165) is 28.0 Å². The van der Waals surface area contributed by atoms with Crippen molar-refractivity contribution in [2.75, 3.05) is 13.7 Å². The first kappa shape index (κ1) is 31.1. The molecule has 9 heteroatoms. The van der Waals surface area contributed by atoms with Gasteiger partial charge in [0.05, 0.1) is 30.8 Å². The van der Waals surface area contributed by atoms with Crippen LogP contribution in [0.2, 0.25) is 10.0 Å². The highest BCUT2D eigenvalue weighted by atomic mass is 35.5. The summed E-state index contributed by atoms with van der Waals surface area (Å²) in [5, 5.41) is 6.21. The van der Waals surface area contributed by atoms with Gasteiger partial charge >= 0.3 is 0 Å². The van der Waals surface area contributed by atoms with Crippen LogP contribution in [-0.4, -0.2) is 29.6 Å². The molecule has 0 bridgehead atoms. The minimum atomic E-state index is -0.307. The molecule has 1 aromatic heterocycles. The van der Waals surface area contributed by atoms with Crippen LogP contribution in [0.3, 0.4) is 0 Å². The van der Waals surface area contributed by atoms with Gasteiger partial charge in [-0.15, -0.1) is 0 Å². The maximum absolute atomic E-state index is 13.9. The van der Waals surface area contributed by atoms with Gasteiger partial charge in [-0.05, 0) is 78.9 Å². The molecule has 0 saturated heterocycles. The first-order chi connectivity index (χ1) is 21.2. The van der Waals surface area contributed by atoms with E-state index in [9.17, 15) is 4.79 Å². The zero-order chi connectivity index (χ0) is 31.4. The lowest BCUT2D eigenvalue weighted by atomic mass is 9.96. The molecule has 0 N–H and O–H groups in total. The fourth-order valence-electron chi connectivity index (χ4n) is 4.92. The van der Waals surface area contributed by atoms with Crippen molar-refractivity contribution in [2.45, 2.75) is 40.2 Å². The van der Waals surface area contributed by atoms with Gasteiger partial charge in [-0.2, -0.15) is 9.78 Å². The number of aromatic nitrogens is 2. The Balaban J connectivity index is 1.67. The summed E-state index contributed by atoms with van der Waals surface area (Å²) < 4.78 is 19.1. The molecule has 0 aliphatic rings. The van der Waals surface area contributed by atoms with Crippen molar-refractivity contribution < 1.29 is 14.2 Å². The van der Waals surface area contributed by atoms with Crippen LogP contribution in [0.1, 0.15) is 48.9 Å². The van der Waals surface area contributed by atoms with Crippen molar-refractivity contribution >= 4 is 40.3 Å². The Bertz CT molecular complexity index is 1900. The molecule has 7 nitrogen and oxygen atoms in total. The number of rotatable bonds is 10. The lowest BCUT2D eigenvalue weighted by molar-refractivity contribution is 0.284. The predicted octanol–water partition coefficient (Wildman–Crippen LogP) is 8.67. The molecule has 44 heavy (non-hydrogen) atoms. The normalized spacial score (nSPS) is 11.5. The maximum Gasteiger partial charge on any atom is 0.282 e. The van der Waals surface area contributed by atoms with Crippen molar-refractivity contribution in [3.8, 4) is 28.6 Å². The summed E-state index contributed by atoms with van der Waals surface area (Å²) in [5.74, 6) is 2.26. The minimum absolute atomic E-state index is 0.180. The lowest BCUT2D eigenvalue weighted by Crippen LogP contribution is -2.21. The first-order valence-corrected chi connectivity index (χ1v) is 15.0. The van der Waals surface area contributed by atoms with Crippen molar-refractivity contribution in [3.63, 3.8) is 0 Å². The number of methoxy groups -OCH3 is 1. The van der Waals surface area contributed by atoms with Crippen LogP contribution in [0.5, 0.6) is 17.2 Å². The Kier molecular flexibility index (Phi) is 9.57. The highest BCUT2D eigenvalue weighted by Crippen LogP contribution is 2.36. The average Bonchev–Trinajstić information content (AvgIpc) is 3.00. The molecule has 0 radical (unpaired) electrons. The topological polar surface area (TPSA) is 74.9 Å². The highest BCUT2D eigenvalue weighted by Gasteiger charge is 2.19. The van der Waals surface area contributed by atoms with Gasteiger partial charge in [0.15, 0.2) is 17.3 Å². The summed E-state index contributed by atoms with van der Waals surface area (Å²) in [6.07, 6.45) is 1.54. The summed E-state index contributed by atoms with van der Waals surface area (Å²) in [7, 11) is 1.54. The Hall–Kier alpha value is -4.33. The van der Waals surface area contributed by atoms with Crippen molar-refractivity contribution in [1.29, 1.82) is 0 Å². The van der Waals surface area contributed by atoms with Gasteiger partial charge in [0.1, 0.15) is 12.4 Å². The number of para-hydroxylation sites is 1. The molecule has 0 aliphatic heterocycles. The maximum atomic E-state index is 13.9. The molecule has 5 rings (SSSR count). The standard InChI is InChI=1S/C35H33Cl2N3O4/c1-6-43-31-15-22(4)29(18-28(31)21(2)3)34-39-30-10-8-7-9-27(30)35(41)40(34)38-19-24-16-26(37)17-32(42-5)33(24)44-20-23-11-13-25(36)14-12-23/h7-19,21H,6,20H2,1-5H3. The van der Waals surface area contributed by atoms with E-state index in [1.807, 2.05) is 56.3 Å². The minimum Gasteiger partial charge on any atom is -0.494 e. The van der Waals surface area contributed by atoms with Gasteiger partial charge in [0.2, 0.25) is 0 Å². The van der Waals surface area contributed by atoms with E-state index >= 15 is 0 Å². The molecule has 1 heterocycles. The van der Waals surface area contributed by atoms with E-state index in [0.29, 0.717) is 50.4 Å². The summed E-state index contributed by atoms with van der Waals surface area (Å²) >= 11 is 12.5. The van der Waals surface area contributed by atoms with Gasteiger partial charge in [-0.25, -0.2) is 4.98 Å². The number of aryl methyl sites for hydroxylation is 1. The Morgan fingerprint density at radius 2 is 1.70 bits per heavy atom. The molecule has 0 atom stereocenters. The van der Waals surface area contributed by atoms with Crippen LogP contribution < -0.4 is 19.8 Å². The van der Waals surface area contributed by atoms with E-state index in [2.05, 4.69) is 13.8 Å². The van der Waals surface area contributed by atoms with E-state index in [1.54, 1.807) is 43.7 Å². The Morgan fingerprint density at radius 3 is 2.41 bits per heavy atom. The average molecular weight is 631 g/mol. The van der Waals surface area contributed by atoms with Gasteiger partial charge in [0.25, 0.3) is 5.56 Å². The summed E-state index contributed by atoms with van der Waals surface area (Å²) in [4.78, 5) is 18.9. The summed E-state index contributed by atoms with van der Waals surface area (Å²) in [6.45, 7) is 8.95. The Labute approximate surface area is 266 Å². The number of ether oxygens (including phenoxy) is 3. The fourth-order valence-corrected chi connectivity index (χ4v) is 5.27. The van der Waals surface area contributed by atoms with Crippen molar-refractivity contribution in [2.24, 2.45) is 5.10 Å². The number of hydrogen-bond acceptors (Lipinski definition) is 6. The van der Waals surface area contributed by atoms with E-state index in [1.165, 1.54) is 4.68 Å². The van der Waals surface area contributed by atoms with Crippen LogP contribution in [-0.2, 0) is 6.61 Å². The molecule has 4 aromatic carbocycles. The van der Waals surface area contributed by atoms with Crippen LogP contribution in [0.15, 0.2) is 82.7 Å². The van der Waals surface area contributed by atoms with E-state index in [-0.39, 0.29) is 18.1 Å². The number of fused-ring (bicyclic) bond motifs is 1. The molecular weight excluding hydrogens is 597 g/mol. The molecule has 0 saturated carbocycles. The molecular formula is C35H33Cl2N3O4. The third kappa shape index (κ3) is 6.59. The fraction of sp³-hybridized carbons (Fsp3) is 0.229. The van der Waals surface area contributed by atoms with Crippen LogP contribution >= 0.6 is 23.2 Å². The van der Waals surface area contributed by atoms with Crippen LogP contribution in [0.4, 0.5) is 0 Å². The smallest absolute Gasteiger partial charge is 0.282 e. The molecule has 0 aliphatic carbocycles. The lowest BCUT2D eigenvalue weighted by Gasteiger charge is -2.18. The second kappa shape index (κ2) is 13.5. The monoisotopic (exact) mass is 629 g/mol. The van der Waals surface area contributed by atoms with Gasteiger partial charge in [-0.1, -0.05) is 61.3 Å². The molecule has 0 spiro atoms. The largest absolute Gasteiger partial charge is 0.494 e. The van der Waals surface area contributed by atoms with E-state index in [4.69, 9.17) is 47.5 Å². The number of nitrogens with zero attached hydrogens (tertiary/aromatic N) is 3. The third-order valence-electron chi connectivity index (χ3n) is 7.15. The number of hydrogen-bond donors (Lipinski definition) is 0. The first-order valence-electron chi connectivity index (χ1n) is 14.3. The van der Waals surface area contributed by atoms with Gasteiger partial charge in [0, 0.05) is 27.2 Å². The SMILES string of the molecule is CCOc1cc(C)c(-c2nc3ccccc3c(=O)n2N=Cc2cc(Cl)cc(OC)c2OCc2ccc(Cl)cc2)cc1C(C)C. The molecule has 5 aromatic rings. The molecule has 0 unspecified atom stereocenters. The zero-order valence-electron chi connectivity index (χ0n) is 25.2. The highest BCUT2D eigenvalue weighted by molar-refractivity contribution is 6.31. The van der Waals surface area contributed by atoms with Crippen molar-refractivity contribution in [3.05, 3.63) is 115 Å². The number of benzene rings is 4. The third-order valence-corrected chi connectivity index (χ3v) is 7.62. The summed E-state index contributed by atoms with van der Waals surface area (Å²) in [5.41, 5.74) is 4.41. The molecule has 0 fully saturated rings. The van der Waals surface area contributed by atoms with Gasteiger partial charge < -0.3 is 14.2 Å². The van der Waals surface area contributed by atoms with Crippen LogP contribution in [0.25, 0.3) is 22.3 Å². The Morgan fingerprint density at radius 1 is 0.955 bits per heavy atom. The quantitative estimate of drug-likeness (QED) is 0.144. The van der Waals surface area contributed by atoms with E-state index < -0.39 is 0 Å². The number of halogens is 2. The molecule has 0 amide bonds. The molecule has 226 valence electrons. The second-order valence-corrected chi connectivity index (χ2v) is 11.4. The predicted molar refractivity (Wildman–Crippen MR) is 178 cm³/mol. The summed E-state index contributed by atoms with van der Waals surface area (Å²) in [6, 6.07) is 22.0. The van der Waals surface area contributed by atoms with Crippen LogP contribution in [0, 0.1) is 6.92 Å². The van der Waals surface area contributed by atoms with Gasteiger partial charge in [-0.3, -0.25) is 4.79 Å². The van der Waals surface area contributed by atoms with Crippen molar-refractivity contribution in [1.82, 2.24) is 9.66 Å². The zero-order valence-corrected chi connectivity index (χ0v) is 26.7.